The number of rotatable bonds is 6. The Hall–Kier alpha value is -2.01. The zero-order chi connectivity index (χ0) is 15.9. The lowest BCUT2D eigenvalue weighted by Crippen LogP contribution is -2.37. The second-order valence-corrected chi connectivity index (χ2v) is 5.82. The Morgan fingerprint density at radius 3 is 2.55 bits per heavy atom. The minimum absolute atomic E-state index is 0.0613. The van der Waals surface area contributed by atoms with Gasteiger partial charge in [0.2, 0.25) is 5.91 Å². The molecule has 1 amide bonds. The molecule has 5 heteroatoms. The van der Waals surface area contributed by atoms with E-state index in [1.807, 2.05) is 55.5 Å². The molecule has 0 fully saturated rings. The molecule has 0 aliphatic carbocycles. The molecule has 0 aromatic heterocycles. The van der Waals surface area contributed by atoms with Crippen molar-refractivity contribution in [2.45, 2.75) is 19.5 Å². The van der Waals surface area contributed by atoms with Crippen LogP contribution in [0.25, 0.3) is 0 Å². The van der Waals surface area contributed by atoms with Crippen molar-refractivity contribution >= 4 is 27.5 Å². The van der Waals surface area contributed by atoms with Gasteiger partial charge in [-0.2, -0.15) is 0 Å². The first-order chi connectivity index (χ1) is 10.6. The number of carbonyl (C=O) groups excluding carboxylic acids is 1. The third-order valence-electron chi connectivity index (χ3n) is 3.27. The minimum Gasteiger partial charge on any atom is -0.496 e. The van der Waals surface area contributed by atoms with Gasteiger partial charge in [-0.1, -0.05) is 34.1 Å². The van der Waals surface area contributed by atoms with Crippen LogP contribution in [0.1, 0.15) is 12.5 Å². The number of nitrogens with one attached hydrogen (secondary N) is 2. The first kappa shape index (κ1) is 16.4. The van der Waals surface area contributed by atoms with Crippen molar-refractivity contribution in [1.82, 2.24) is 5.32 Å². The van der Waals surface area contributed by atoms with Crippen molar-refractivity contribution in [2.75, 3.05) is 12.4 Å². The topological polar surface area (TPSA) is 50.4 Å². The minimum atomic E-state index is -0.323. The van der Waals surface area contributed by atoms with E-state index in [4.69, 9.17) is 4.74 Å². The highest BCUT2D eigenvalue weighted by atomic mass is 79.9. The van der Waals surface area contributed by atoms with Gasteiger partial charge in [0.15, 0.2) is 0 Å². The third-order valence-corrected chi connectivity index (χ3v) is 3.79. The highest BCUT2D eigenvalue weighted by Gasteiger charge is 2.13. The highest BCUT2D eigenvalue weighted by Crippen LogP contribution is 2.17. The Morgan fingerprint density at radius 2 is 1.86 bits per heavy atom. The van der Waals surface area contributed by atoms with E-state index in [0.717, 1.165) is 21.5 Å². The zero-order valence-electron chi connectivity index (χ0n) is 12.6. The Bertz CT molecular complexity index is 629. The SMILES string of the molecule is COc1ccccc1CNC(=O)[C@@H](C)Nc1ccc(Br)cc1. The number of ether oxygens (including phenoxy) is 1. The average molecular weight is 363 g/mol. The van der Waals surface area contributed by atoms with Gasteiger partial charge in [0.1, 0.15) is 11.8 Å². The Labute approximate surface area is 139 Å². The number of hydrogen-bond donors (Lipinski definition) is 2. The van der Waals surface area contributed by atoms with Crippen molar-refractivity contribution in [3.63, 3.8) is 0 Å². The number of methoxy groups -OCH3 is 1. The monoisotopic (exact) mass is 362 g/mol. The molecule has 2 aromatic rings. The van der Waals surface area contributed by atoms with Gasteiger partial charge in [0.05, 0.1) is 7.11 Å². The van der Waals surface area contributed by atoms with Crippen LogP contribution in [0.4, 0.5) is 5.69 Å². The number of carbonyl (C=O) groups is 1. The lowest BCUT2D eigenvalue weighted by atomic mass is 10.2. The van der Waals surface area contributed by atoms with E-state index in [2.05, 4.69) is 26.6 Å². The van der Waals surface area contributed by atoms with Crippen LogP contribution in [0.3, 0.4) is 0 Å². The number of para-hydroxylation sites is 1. The van der Waals surface area contributed by atoms with Crippen molar-refractivity contribution in [2.24, 2.45) is 0 Å². The van der Waals surface area contributed by atoms with Crippen molar-refractivity contribution in [3.8, 4) is 5.75 Å². The van der Waals surface area contributed by atoms with Gasteiger partial charge >= 0.3 is 0 Å². The first-order valence-electron chi connectivity index (χ1n) is 7.02. The summed E-state index contributed by atoms with van der Waals surface area (Å²) >= 11 is 3.39. The second-order valence-electron chi connectivity index (χ2n) is 4.90. The van der Waals surface area contributed by atoms with Crippen LogP contribution >= 0.6 is 15.9 Å². The molecule has 0 saturated carbocycles. The maximum absolute atomic E-state index is 12.2. The van der Waals surface area contributed by atoms with E-state index in [-0.39, 0.29) is 11.9 Å². The molecule has 4 nitrogen and oxygen atoms in total. The summed E-state index contributed by atoms with van der Waals surface area (Å²) in [5.41, 5.74) is 1.86. The molecule has 22 heavy (non-hydrogen) atoms. The van der Waals surface area contributed by atoms with Crippen LogP contribution in [0.5, 0.6) is 5.75 Å². The standard InChI is InChI=1S/C17H19BrN2O2/c1-12(20-15-9-7-14(18)8-10-15)17(21)19-11-13-5-3-4-6-16(13)22-2/h3-10,12,20H,11H2,1-2H3,(H,19,21)/t12-/m1/s1. The quantitative estimate of drug-likeness (QED) is 0.825. The second kappa shape index (κ2) is 7.84. The van der Waals surface area contributed by atoms with E-state index < -0.39 is 0 Å². The summed E-state index contributed by atoms with van der Waals surface area (Å²) in [5, 5.41) is 6.08. The molecule has 2 rings (SSSR count). The normalized spacial score (nSPS) is 11.6. The van der Waals surface area contributed by atoms with E-state index in [1.54, 1.807) is 7.11 Å². The fraction of sp³-hybridized carbons (Fsp3) is 0.235. The number of amides is 1. The molecule has 0 heterocycles. The number of anilines is 1. The predicted octanol–water partition coefficient (Wildman–Crippen LogP) is 3.57. The molecule has 0 bridgehead atoms. The number of halogens is 1. The summed E-state index contributed by atoms with van der Waals surface area (Å²) in [6.45, 7) is 2.27. The summed E-state index contributed by atoms with van der Waals surface area (Å²) in [6, 6.07) is 15.0. The average Bonchev–Trinajstić information content (AvgIpc) is 2.54. The number of benzene rings is 2. The molecule has 0 radical (unpaired) electrons. The van der Waals surface area contributed by atoms with Crippen molar-refractivity contribution in [3.05, 3.63) is 58.6 Å². The molecule has 0 aliphatic heterocycles. The first-order valence-corrected chi connectivity index (χ1v) is 7.81. The van der Waals surface area contributed by atoms with E-state index in [9.17, 15) is 4.79 Å². The Morgan fingerprint density at radius 1 is 1.18 bits per heavy atom. The molecule has 116 valence electrons. The fourth-order valence-corrected chi connectivity index (χ4v) is 2.31. The molecule has 1 atom stereocenters. The maximum Gasteiger partial charge on any atom is 0.242 e. The number of hydrogen-bond acceptors (Lipinski definition) is 3. The van der Waals surface area contributed by atoms with Crippen LogP contribution in [0, 0.1) is 0 Å². The van der Waals surface area contributed by atoms with E-state index >= 15 is 0 Å². The Kier molecular flexibility index (Phi) is 5.83. The maximum atomic E-state index is 12.2. The van der Waals surface area contributed by atoms with Gasteiger partial charge in [0.25, 0.3) is 0 Å². The molecule has 2 aromatic carbocycles. The Balaban J connectivity index is 1.90. The largest absolute Gasteiger partial charge is 0.496 e. The summed E-state index contributed by atoms with van der Waals surface area (Å²) in [4.78, 5) is 12.2. The molecule has 0 unspecified atom stereocenters. The lowest BCUT2D eigenvalue weighted by Gasteiger charge is -2.16. The molecular weight excluding hydrogens is 344 g/mol. The van der Waals surface area contributed by atoms with Gasteiger partial charge in [-0.3, -0.25) is 4.79 Å². The van der Waals surface area contributed by atoms with Gasteiger partial charge in [-0.25, -0.2) is 0 Å². The zero-order valence-corrected chi connectivity index (χ0v) is 14.2. The highest BCUT2D eigenvalue weighted by molar-refractivity contribution is 9.10. The van der Waals surface area contributed by atoms with Gasteiger partial charge in [-0.15, -0.1) is 0 Å². The molecule has 0 spiro atoms. The smallest absolute Gasteiger partial charge is 0.242 e. The molecular formula is C17H19BrN2O2. The van der Waals surface area contributed by atoms with Gasteiger partial charge in [-0.05, 0) is 37.3 Å². The summed E-state index contributed by atoms with van der Waals surface area (Å²) in [5.74, 6) is 0.713. The van der Waals surface area contributed by atoms with Gasteiger partial charge < -0.3 is 15.4 Å². The van der Waals surface area contributed by atoms with Gasteiger partial charge in [0, 0.05) is 22.3 Å². The summed E-state index contributed by atoms with van der Waals surface area (Å²) < 4.78 is 6.28. The van der Waals surface area contributed by atoms with Crippen LogP contribution < -0.4 is 15.4 Å². The van der Waals surface area contributed by atoms with Crippen molar-refractivity contribution in [1.29, 1.82) is 0 Å². The van der Waals surface area contributed by atoms with E-state index in [0.29, 0.717) is 6.54 Å². The van der Waals surface area contributed by atoms with E-state index in [1.165, 1.54) is 0 Å². The molecule has 0 aliphatic rings. The third kappa shape index (κ3) is 4.49. The van der Waals surface area contributed by atoms with Crippen LogP contribution in [-0.4, -0.2) is 19.1 Å². The summed E-state index contributed by atoms with van der Waals surface area (Å²) in [7, 11) is 1.62. The molecule has 2 N–H and O–H groups in total. The van der Waals surface area contributed by atoms with Crippen molar-refractivity contribution < 1.29 is 9.53 Å². The lowest BCUT2D eigenvalue weighted by molar-refractivity contribution is -0.121. The summed E-state index contributed by atoms with van der Waals surface area (Å²) in [6.07, 6.45) is 0. The van der Waals surface area contributed by atoms with Crippen LogP contribution in [0.2, 0.25) is 0 Å². The fourth-order valence-electron chi connectivity index (χ4n) is 2.05. The van der Waals surface area contributed by atoms with Crippen LogP contribution in [0.15, 0.2) is 53.0 Å². The van der Waals surface area contributed by atoms with Crippen LogP contribution in [-0.2, 0) is 11.3 Å². The molecule has 0 saturated heterocycles. The predicted molar refractivity (Wildman–Crippen MR) is 92.1 cm³/mol.